The fraction of sp³-hybridized carbons (Fsp3) is 0.688. The molecule has 0 saturated heterocycles. The van der Waals surface area contributed by atoms with Crippen molar-refractivity contribution in [2.45, 2.75) is 70.3 Å². The predicted molar refractivity (Wildman–Crippen MR) is 94.2 cm³/mol. The molecule has 0 aliphatic heterocycles. The third-order valence-corrected chi connectivity index (χ3v) is 9.50. The first kappa shape index (κ1) is 17.9. The molecule has 128 valence electrons. The van der Waals surface area contributed by atoms with Gasteiger partial charge in [-0.2, -0.15) is 0 Å². The minimum Gasteiger partial charge on any atom is -0.414 e. The second-order valence-electron chi connectivity index (χ2n) is 7.81. The molecule has 1 fully saturated rings. The lowest BCUT2D eigenvalue weighted by Crippen LogP contribution is -2.43. The zero-order valence-corrected chi connectivity index (χ0v) is 15.6. The second kappa shape index (κ2) is 6.57. The minimum atomic E-state index is -1.73. The summed E-state index contributed by atoms with van der Waals surface area (Å²) in [5, 5.41) is 14.2. The summed E-state index contributed by atoms with van der Waals surface area (Å²) in [5.41, 5.74) is 0.0149. The van der Waals surface area contributed by atoms with E-state index >= 15 is 0 Å². The van der Waals surface area contributed by atoms with E-state index in [0.29, 0.717) is 18.0 Å². The summed E-state index contributed by atoms with van der Waals surface area (Å²) in [7, 11) is -1.73. The molecule has 0 aromatic carbocycles. The van der Waals surface area contributed by atoms with Crippen LogP contribution in [0.3, 0.4) is 0 Å². The fourth-order valence-electron chi connectivity index (χ4n) is 2.56. The number of aromatic nitrogens is 1. The van der Waals surface area contributed by atoms with Gasteiger partial charge in [0.15, 0.2) is 8.32 Å². The van der Waals surface area contributed by atoms with Gasteiger partial charge in [0.05, 0.1) is 4.92 Å². The summed E-state index contributed by atoms with van der Waals surface area (Å²) in [6, 6.07) is 3.47. The molecule has 0 radical (unpaired) electrons. The van der Waals surface area contributed by atoms with E-state index < -0.39 is 13.2 Å². The summed E-state index contributed by atoms with van der Waals surface area (Å²) in [6.45, 7) is 11.3. The summed E-state index contributed by atoms with van der Waals surface area (Å²) < 4.78 is 6.47. The summed E-state index contributed by atoms with van der Waals surface area (Å²) >= 11 is 0. The Hall–Kier alpha value is -1.47. The Balaban J connectivity index is 1.89. The largest absolute Gasteiger partial charge is 0.414 e. The first-order valence-corrected chi connectivity index (χ1v) is 11.0. The number of nitro groups is 1. The van der Waals surface area contributed by atoms with Crippen molar-refractivity contribution < 1.29 is 9.35 Å². The summed E-state index contributed by atoms with van der Waals surface area (Å²) in [6.07, 6.45) is 4.65. The molecular weight excluding hydrogens is 310 g/mol. The highest BCUT2D eigenvalue weighted by atomic mass is 28.4. The molecule has 7 heteroatoms. The molecule has 1 N–H and O–H groups in total. The average molecular weight is 337 g/mol. The molecule has 0 bridgehead atoms. The van der Waals surface area contributed by atoms with Crippen LogP contribution in [0.25, 0.3) is 0 Å². The molecule has 2 rings (SSSR count). The van der Waals surface area contributed by atoms with Gasteiger partial charge in [0.2, 0.25) is 0 Å². The molecule has 1 heterocycles. The van der Waals surface area contributed by atoms with Gasteiger partial charge in [-0.1, -0.05) is 20.8 Å². The third-order valence-electron chi connectivity index (χ3n) is 4.96. The molecule has 0 amide bonds. The molecule has 0 unspecified atom stereocenters. The molecule has 1 aromatic heterocycles. The van der Waals surface area contributed by atoms with Gasteiger partial charge >= 0.3 is 0 Å². The van der Waals surface area contributed by atoms with Gasteiger partial charge in [0.25, 0.3) is 5.69 Å². The number of hydrogen-bond donors (Lipinski definition) is 1. The molecule has 1 aliphatic rings. The molecular formula is C16H27N3O3Si. The number of nitrogens with zero attached hydrogens (tertiary/aromatic N) is 2. The van der Waals surface area contributed by atoms with E-state index in [9.17, 15) is 10.1 Å². The summed E-state index contributed by atoms with van der Waals surface area (Å²) in [5.74, 6) is 0.688. The van der Waals surface area contributed by atoms with Crippen LogP contribution in [0.15, 0.2) is 18.3 Å². The summed E-state index contributed by atoms with van der Waals surface area (Å²) in [4.78, 5) is 14.3. The maximum absolute atomic E-state index is 10.6. The van der Waals surface area contributed by atoms with Crippen LogP contribution in [0, 0.1) is 10.1 Å². The number of hydrogen-bond acceptors (Lipinski definition) is 5. The predicted octanol–water partition coefficient (Wildman–Crippen LogP) is 4.34. The van der Waals surface area contributed by atoms with E-state index in [1.54, 1.807) is 6.07 Å². The Kier molecular flexibility index (Phi) is 5.10. The second-order valence-corrected chi connectivity index (χ2v) is 12.6. The van der Waals surface area contributed by atoms with Crippen LogP contribution in [0.5, 0.6) is 0 Å². The van der Waals surface area contributed by atoms with E-state index in [0.717, 1.165) is 19.3 Å². The Morgan fingerprint density at radius 1 is 1.35 bits per heavy atom. The Bertz CT molecular complexity index is 555. The zero-order chi connectivity index (χ0) is 17.3. The minimum absolute atomic E-state index is 0.0149. The van der Waals surface area contributed by atoms with Crippen LogP contribution in [0.1, 0.15) is 40.0 Å². The van der Waals surface area contributed by atoms with Gasteiger partial charge in [0, 0.05) is 18.2 Å². The fourth-order valence-corrected chi connectivity index (χ4v) is 3.96. The van der Waals surface area contributed by atoms with Crippen LogP contribution >= 0.6 is 0 Å². The molecule has 1 aliphatic carbocycles. The van der Waals surface area contributed by atoms with Crippen molar-refractivity contribution in [3.05, 3.63) is 28.4 Å². The first-order valence-electron chi connectivity index (χ1n) is 8.13. The molecule has 1 aromatic rings. The number of anilines is 1. The first-order chi connectivity index (χ1) is 10.6. The maximum Gasteiger partial charge on any atom is 0.287 e. The SMILES string of the molecule is CC(C)(C)[Si](C)(C)O[C@@H]1CC[C@@H](Nc2ccc([N+](=O)[O-])cn2)C1. The van der Waals surface area contributed by atoms with Gasteiger partial charge in [-0.15, -0.1) is 0 Å². The van der Waals surface area contributed by atoms with E-state index in [1.165, 1.54) is 12.3 Å². The van der Waals surface area contributed by atoms with E-state index in [-0.39, 0.29) is 10.7 Å². The van der Waals surface area contributed by atoms with Crippen molar-refractivity contribution >= 4 is 19.8 Å². The number of nitrogens with one attached hydrogen (secondary N) is 1. The van der Waals surface area contributed by atoms with E-state index in [4.69, 9.17) is 4.43 Å². The number of pyridine rings is 1. The van der Waals surface area contributed by atoms with E-state index in [1.807, 2.05) is 0 Å². The van der Waals surface area contributed by atoms with Crippen LogP contribution in [-0.2, 0) is 4.43 Å². The number of rotatable bonds is 5. The van der Waals surface area contributed by atoms with Crippen molar-refractivity contribution in [1.29, 1.82) is 0 Å². The molecule has 1 saturated carbocycles. The van der Waals surface area contributed by atoms with Crippen molar-refractivity contribution in [3.63, 3.8) is 0 Å². The average Bonchev–Trinajstić information content (AvgIpc) is 2.84. The van der Waals surface area contributed by atoms with E-state index in [2.05, 4.69) is 44.2 Å². The van der Waals surface area contributed by atoms with Crippen LogP contribution < -0.4 is 5.32 Å². The molecule has 6 nitrogen and oxygen atoms in total. The lowest BCUT2D eigenvalue weighted by molar-refractivity contribution is -0.385. The lowest BCUT2D eigenvalue weighted by atomic mass is 10.2. The Morgan fingerprint density at radius 3 is 2.57 bits per heavy atom. The lowest BCUT2D eigenvalue weighted by Gasteiger charge is -2.38. The van der Waals surface area contributed by atoms with Crippen LogP contribution in [0.2, 0.25) is 18.1 Å². The van der Waals surface area contributed by atoms with Crippen molar-refractivity contribution in [3.8, 4) is 0 Å². The monoisotopic (exact) mass is 337 g/mol. The van der Waals surface area contributed by atoms with Gasteiger partial charge in [-0.3, -0.25) is 10.1 Å². The normalized spacial score (nSPS) is 22.1. The van der Waals surface area contributed by atoms with Crippen molar-refractivity contribution in [2.24, 2.45) is 0 Å². The Labute approximate surface area is 138 Å². The highest BCUT2D eigenvalue weighted by Crippen LogP contribution is 2.39. The van der Waals surface area contributed by atoms with Crippen molar-refractivity contribution in [1.82, 2.24) is 4.98 Å². The van der Waals surface area contributed by atoms with Gasteiger partial charge in [-0.05, 0) is 43.5 Å². The highest BCUT2D eigenvalue weighted by Gasteiger charge is 2.40. The topological polar surface area (TPSA) is 77.3 Å². The zero-order valence-electron chi connectivity index (χ0n) is 14.6. The molecule has 2 atom stereocenters. The van der Waals surface area contributed by atoms with Crippen LogP contribution in [0.4, 0.5) is 11.5 Å². The Morgan fingerprint density at radius 2 is 2.04 bits per heavy atom. The maximum atomic E-state index is 10.6. The smallest absolute Gasteiger partial charge is 0.287 e. The molecule has 23 heavy (non-hydrogen) atoms. The van der Waals surface area contributed by atoms with Gasteiger partial charge in [-0.25, -0.2) is 4.98 Å². The third kappa shape index (κ3) is 4.51. The quantitative estimate of drug-likeness (QED) is 0.491. The van der Waals surface area contributed by atoms with Gasteiger partial charge in [0.1, 0.15) is 12.0 Å². The van der Waals surface area contributed by atoms with Gasteiger partial charge < -0.3 is 9.74 Å². The highest BCUT2D eigenvalue weighted by molar-refractivity contribution is 6.74. The standard InChI is InChI=1S/C16H27N3O3Si/c1-16(2,3)23(4,5)22-14-8-6-12(10-14)18-15-9-7-13(11-17-15)19(20)21/h7,9,11-12,14H,6,8,10H2,1-5H3,(H,17,18)/t12-,14-/m1/s1. The van der Waals surface area contributed by atoms with Crippen molar-refractivity contribution in [2.75, 3.05) is 5.32 Å². The van der Waals surface area contributed by atoms with Crippen LogP contribution in [-0.4, -0.2) is 30.4 Å². The molecule has 0 spiro atoms.